The Balaban J connectivity index is 2.58. The molecule has 0 fully saturated rings. The van der Waals surface area contributed by atoms with E-state index in [2.05, 4.69) is 5.32 Å². The van der Waals surface area contributed by atoms with Gasteiger partial charge in [-0.05, 0) is 12.1 Å². The van der Waals surface area contributed by atoms with E-state index in [1.807, 2.05) is 0 Å². The minimum Gasteiger partial charge on any atom is -0.394 e. The number of halogens is 1. The minimum atomic E-state index is -1.03. The van der Waals surface area contributed by atoms with Gasteiger partial charge in [0.25, 0.3) is 5.91 Å². The second-order valence-corrected chi connectivity index (χ2v) is 3.03. The Labute approximate surface area is 86.4 Å². The molecule has 0 saturated carbocycles. The molecular formula is C10H12FNO3. The molecule has 1 rings (SSSR count). The molecule has 0 saturated heterocycles. The van der Waals surface area contributed by atoms with Crippen molar-refractivity contribution in [3.63, 3.8) is 0 Å². The molecule has 0 unspecified atom stereocenters. The molecule has 0 heterocycles. The molecular weight excluding hydrogens is 201 g/mol. The SMILES string of the molecule is O=C(NC[C@@H](O)CO)c1ccccc1F. The predicted octanol–water partition coefficient (Wildman–Crippen LogP) is -0.0913. The molecule has 4 nitrogen and oxygen atoms in total. The number of carbonyl (C=O) groups excluding carboxylic acids is 1. The quantitative estimate of drug-likeness (QED) is 0.654. The summed E-state index contributed by atoms with van der Waals surface area (Å²) >= 11 is 0. The second kappa shape index (κ2) is 5.43. The largest absolute Gasteiger partial charge is 0.394 e. The molecule has 1 aromatic carbocycles. The molecule has 15 heavy (non-hydrogen) atoms. The van der Waals surface area contributed by atoms with Crippen LogP contribution in [0.2, 0.25) is 0 Å². The third-order valence-corrected chi connectivity index (χ3v) is 1.83. The number of amides is 1. The number of hydrogen-bond acceptors (Lipinski definition) is 3. The molecule has 0 radical (unpaired) electrons. The van der Waals surface area contributed by atoms with E-state index in [1.165, 1.54) is 18.2 Å². The van der Waals surface area contributed by atoms with Crippen LogP contribution in [0.15, 0.2) is 24.3 Å². The maximum absolute atomic E-state index is 13.1. The molecule has 0 spiro atoms. The molecule has 1 amide bonds. The van der Waals surface area contributed by atoms with E-state index in [0.29, 0.717) is 0 Å². The van der Waals surface area contributed by atoms with E-state index in [-0.39, 0.29) is 12.1 Å². The summed E-state index contributed by atoms with van der Waals surface area (Å²) in [6.07, 6.45) is -1.03. The molecule has 0 aliphatic heterocycles. The lowest BCUT2D eigenvalue weighted by Gasteiger charge is -2.09. The number of aliphatic hydroxyl groups excluding tert-OH is 2. The fraction of sp³-hybridized carbons (Fsp3) is 0.300. The van der Waals surface area contributed by atoms with Crippen LogP contribution in [-0.4, -0.2) is 35.4 Å². The molecule has 82 valence electrons. The summed E-state index contributed by atoms with van der Waals surface area (Å²) < 4.78 is 13.1. The molecule has 0 aliphatic rings. The monoisotopic (exact) mass is 213 g/mol. The third kappa shape index (κ3) is 3.30. The highest BCUT2D eigenvalue weighted by Gasteiger charge is 2.11. The first-order valence-corrected chi connectivity index (χ1v) is 4.46. The van der Waals surface area contributed by atoms with Gasteiger partial charge in [-0.15, -0.1) is 0 Å². The van der Waals surface area contributed by atoms with Crippen molar-refractivity contribution >= 4 is 5.91 Å². The van der Waals surface area contributed by atoms with Crippen molar-refractivity contribution in [3.8, 4) is 0 Å². The van der Waals surface area contributed by atoms with Crippen LogP contribution in [0, 0.1) is 5.82 Å². The van der Waals surface area contributed by atoms with E-state index in [1.54, 1.807) is 6.07 Å². The van der Waals surface area contributed by atoms with Gasteiger partial charge in [0.15, 0.2) is 0 Å². The van der Waals surface area contributed by atoms with Gasteiger partial charge in [0, 0.05) is 6.54 Å². The Morgan fingerprint density at radius 1 is 1.47 bits per heavy atom. The van der Waals surface area contributed by atoms with E-state index in [9.17, 15) is 9.18 Å². The number of rotatable bonds is 4. The van der Waals surface area contributed by atoms with Crippen LogP contribution in [-0.2, 0) is 0 Å². The van der Waals surface area contributed by atoms with Gasteiger partial charge in [0.2, 0.25) is 0 Å². The van der Waals surface area contributed by atoms with Crippen LogP contribution >= 0.6 is 0 Å². The van der Waals surface area contributed by atoms with Crippen LogP contribution in [0.25, 0.3) is 0 Å². The lowest BCUT2D eigenvalue weighted by molar-refractivity contribution is 0.0799. The van der Waals surface area contributed by atoms with Gasteiger partial charge in [-0.25, -0.2) is 4.39 Å². The molecule has 0 aromatic heterocycles. The third-order valence-electron chi connectivity index (χ3n) is 1.83. The summed E-state index contributed by atoms with van der Waals surface area (Å²) in [6, 6.07) is 5.54. The molecule has 1 aromatic rings. The number of aliphatic hydroxyl groups is 2. The first-order chi connectivity index (χ1) is 7.15. The first-order valence-electron chi connectivity index (χ1n) is 4.46. The van der Waals surface area contributed by atoms with Gasteiger partial charge in [0.05, 0.1) is 18.3 Å². The number of nitrogens with one attached hydrogen (secondary N) is 1. The van der Waals surface area contributed by atoms with Crippen molar-refractivity contribution in [1.29, 1.82) is 0 Å². The van der Waals surface area contributed by atoms with Crippen LogP contribution in [0.1, 0.15) is 10.4 Å². The zero-order chi connectivity index (χ0) is 11.3. The van der Waals surface area contributed by atoms with Crippen LogP contribution in [0.3, 0.4) is 0 Å². The van der Waals surface area contributed by atoms with Crippen molar-refractivity contribution in [2.24, 2.45) is 0 Å². The standard InChI is InChI=1S/C10H12FNO3/c11-9-4-2-1-3-8(9)10(15)12-5-7(14)6-13/h1-4,7,13-14H,5-6H2,(H,12,15)/t7-/m1/s1. The lowest BCUT2D eigenvalue weighted by Crippen LogP contribution is -2.34. The second-order valence-electron chi connectivity index (χ2n) is 3.03. The molecule has 0 aliphatic carbocycles. The van der Waals surface area contributed by atoms with Gasteiger partial charge < -0.3 is 15.5 Å². The van der Waals surface area contributed by atoms with Crippen molar-refractivity contribution in [3.05, 3.63) is 35.6 Å². The van der Waals surface area contributed by atoms with Gasteiger partial charge in [0.1, 0.15) is 5.82 Å². The van der Waals surface area contributed by atoms with Gasteiger partial charge in [-0.3, -0.25) is 4.79 Å². The Kier molecular flexibility index (Phi) is 4.20. The molecule has 5 heteroatoms. The van der Waals surface area contributed by atoms with Crippen molar-refractivity contribution in [2.75, 3.05) is 13.2 Å². The fourth-order valence-corrected chi connectivity index (χ4v) is 1.02. The highest BCUT2D eigenvalue weighted by molar-refractivity contribution is 5.94. The van der Waals surface area contributed by atoms with Crippen molar-refractivity contribution < 1.29 is 19.4 Å². The van der Waals surface area contributed by atoms with Crippen LogP contribution in [0.5, 0.6) is 0 Å². The Morgan fingerprint density at radius 2 is 2.13 bits per heavy atom. The van der Waals surface area contributed by atoms with Gasteiger partial charge in [-0.2, -0.15) is 0 Å². The number of benzene rings is 1. The maximum atomic E-state index is 13.1. The maximum Gasteiger partial charge on any atom is 0.254 e. The summed E-state index contributed by atoms with van der Waals surface area (Å²) in [5, 5.41) is 19.8. The van der Waals surface area contributed by atoms with Crippen molar-refractivity contribution in [1.82, 2.24) is 5.32 Å². The normalized spacial score (nSPS) is 12.2. The van der Waals surface area contributed by atoms with E-state index < -0.39 is 24.4 Å². The van der Waals surface area contributed by atoms with E-state index in [4.69, 9.17) is 10.2 Å². The molecule has 0 bridgehead atoms. The summed E-state index contributed by atoms with van der Waals surface area (Å²) in [5.41, 5.74) is -0.0809. The summed E-state index contributed by atoms with van der Waals surface area (Å²) in [4.78, 5) is 11.3. The fourth-order valence-electron chi connectivity index (χ4n) is 1.02. The highest BCUT2D eigenvalue weighted by atomic mass is 19.1. The number of hydrogen-bond donors (Lipinski definition) is 3. The van der Waals surface area contributed by atoms with E-state index in [0.717, 1.165) is 0 Å². The van der Waals surface area contributed by atoms with Crippen molar-refractivity contribution in [2.45, 2.75) is 6.10 Å². The first kappa shape index (κ1) is 11.6. The summed E-state index contributed by atoms with van der Waals surface area (Å²) in [6.45, 7) is -0.554. The molecule has 1 atom stereocenters. The highest BCUT2D eigenvalue weighted by Crippen LogP contribution is 2.05. The summed E-state index contributed by atoms with van der Waals surface area (Å²) in [5.74, 6) is -1.23. The smallest absolute Gasteiger partial charge is 0.254 e. The topological polar surface area (TPSA) is 69.6 Å². The zero-order valence-corrected chi connectivity index (χ0v) is 7.98. The van der Waals surface area contributed by atoms with Gasteiger partial charge >= 0.3 is 0 Å². The van der Waals surface area contributed by atoms with E-state index >= 15 is 0 Å². The minimum absolute atomic E-state index is 0.0809. The average molecular weight is 213 g/mol. The molecule has 3 N–H and O–H groups in total. The Hall–Kier alpha value is -1.46. The summed E-state index contributed by atoms with van der Waals surface area (Å²) in [7, 11) is 0. The average Bonchev–Trinajstić information content (AvgIpc) is 2.26. The number of carbonyl (C=O) groups is 1. The van der Waals surface area contributed by atoms with Gasteiger partial charge in [-0.1, -0.05) is 12.1 Å². The Bertz CT molecular complexity index is 343. The van der Waals surface area contributed by atoms with Crippen LogP contribution < -0.4 is 5.32 Å². The lowest BCUT2D eigenvalue weighted by atomic mass is 10.2. The zero-order valence-electron chi connectivity index (χ0n) is 7.98. The van der Waals surface area contributed by atoms with Crippen LogP contribution in [0.4, 0.5) is 4.39 Å². The predicted molar refractivity (Wildman–Crippen MR) is 51.8 cm³/mol. The Morgan fingerprint density at radius 3 is 2.73 bits per heavy atom.